The molecule has 1 N–H and O–H groups in total. The summed E-state index contributed by atoms with van der Waals surface area (Å²) in [4.78, 5) is 33.4. The van der Waals surface area contributed by atoms with Crippen molar-refractivity contribution in [2.75, 3.05) is 11.9 Å². The van der Waals surface area contributed by atoms with Gasteiger partial charge in [0, 0.05) is 6.07 Å². The zero-order valence-electron chi connectivity index (χ0n) is 11.2. The van der Waals surface area contributed by atoms with E-state index in [9.17, 15) is 19.7 Å². The Bertz CT molecular complexity index is 757. The number of thiophene rings is 1. The molecule has 1 aromatic heterocycles. The van der Waals surface area contributed by atoms with Crippen LogP contribution in [0.1, 0.15) is 9.67 Å². The van der Waals surface area contributed by atoms with Crippen molar-refractivity contribution in [1.29, 1.82) is 0 Å². The molecular weight excluding hydrogens is 367 g/mol. The van der Waals surface area contributed by atoms with Crippen molar-refractivity contribution in [3.05, 3.63) is 55.4 Å². The number of carbonyl (C=O) groups excluding carboxylic acids is 2. The minimum atomic E-state index is -0.830. The van der Waals surface area contributed by atoms with E-state index in [4.69, 9.17) is 27.9 Å². The Hall–Kier alpha value is -2.16. The van der Waals surface area contributed by atoms with Crippen molar-refractivity contribution in [3.8, 4) is 0 Å². The highest BCUT2D eigenvalue weighted by Crippen LogP contribution is 2.29. The number of carbonyl (C=O) groups is 2. The van der Waals surface area contributed by atoms with Crippen molar-refractivity contribution >= 4 is 57.1 Å². The molecule has 2 rings (SSSR count). The molecule has 1 aromatic carbocycles. The number of benzene rings is 1. The lowest BCUT2D eigenvalue weighted by molar-refractivity contribution is -0.380. The maximum atomic E-state index is 11.8. The summed E-state index contributed by atoms with van der Waals surface area (Å²) in [5, 5.41) is 13.3. The van der Waals surface area contributed by atoms with Crippen LogP contribution < -0.4 is 5.32 Å². The molecule has 0 radical (unpaired) electrons. The number of halogens is 2. The lowest BCUT2D eigenvalue weighted by Gasteiger charge is -2.09. The summed E-state index contributed by atoms with van der Waals surface area (Å²) in [5.41, 5.74) is 0.212. The first-order valence-electron chi connectivity index (χ1n) is 6.03. The molecule has 10 heteroatoms. The summed E-state index contributed by atoms with van der Waals surface area (Å²) in [5.74, 6) is -1.47. The van der Waals surface area contributed by atoms with Crippen molar-refractivity contribution in [1.82, 2.24) is 0 Å². The number of anilines is 1. The van der Waals surface area contributed by atoms with E-state index in [2.05, 4.69) is 5.32 Å². The van der Waals surface area contributed by atoms with Gasteiger partial charge in [0.2, 0.25) is 0 Å². The average molecular weight is 375 g/mol. The van der Waals surface area contributed by atoms with Crippen LogP contribution in [0.3, 0.4) is 0 Å². The van der Waals surface area contributed by atoms with Gasteiger partial charge in [0.25, 0.3) is 5.91 Å². The topological polar surface area (TPSA) is 98.5 Å². The Morgan fingerprint density at radius 2 is 1.87 bits per heavy atom. The van der Waals surface area contributed by atoms with E-state index in [1.807, 2.05) is 0 Å². The van der Waals surface area contributed by atoms with Crippen LogP contribution >= 0.6 is 34.5 Å². The predicted molar refractivity (Wildman–Crippen MR) is 86.3 cm³/mol. The minimum Gasteiger partial charge on any atom is -0.451 e. The van der Waals surface area contributed by atoms with Gasteiger partial charge in [-0.25, -0.2) is 4.79 Å². The Balaban J connectivity index is 1.93. The predicted octanol–water partition coefficient (Wildman–Crippen LogP) is 3.76. The van der Waals surface area contributed by atoms with Crippen LogP contribution in [0.2, 0.25) is 10.0 Å². The first-order chi connectivity index (χ1) is 10.9. The lowest BCUT2D eigenvalue weighted by atomic mass is 10.3. The van der Waals surface area contributed by atoms with Crippen LogP contribution in [0.4, 0.5) is 10.7 Å². The molecule has 0 fully saturated rings. The van der Waals surface area contributed by atoms with Gasteiger partial charge in [-0.05, 0) is 18.2 Å². The second-order valence-electron chi connectivity index (χ2n) is 4.12. The summed E-state index contributed by atoms with van der Waals surface area (Å²) in [6, 6.07) is 7.14. The van der Waals surface area contributed by atoms with Gasteiger partial charge in [0.1, 0.15) is 4.88 Å². The number of amides is 1. The SMILES string of the molecule is O=C(COC(=O)c1ccc([N+](=O)[O-])s1)Nc1c(Cl)cccc1Cl. The van der Waals surface area contributed by atoms with E-state index < -0.39 is 23.4 Å². The maximum absolute atomic E-state index is 11.8. The molecule has 1 heterocycles. The van der Waals surface area contributed by atoms with E-state index >= 15 is 0 Å². The van der Waals surface area contributed by atoms with Crippen LogP contribution in [-0.2, 0) is 9.53 Å². The quantitative estimate of drug-likeness (QED) is 0.487. The Morgan fingerprint density at radius 3 is 2.43 bits per heavy atom. The van der Waals surface area contributed by atoms with Gasteiger partial charge < -0.3 is 10.1 Å². The largest absolute Gasteiger partial charge is 0.451 e. The van der Waals surface area contributed by atoms with Gasteiger partial charge in [-0.15, -0.1) is 0 Å². The number of esters is 1. The van der Waals surface area contributed by atoms with Crippen molar-refractivity contribution in [3.63, 3.8) is 0 Å². The van der Waals surface area contributed by atoms with Crippen molar-refractivity contribution < 1.29 is 19.2 Å². The normalized spacial score (nSPS) is 10.2. The van der Waals surface area contributed by atoms with Crippen LogP contribution in [0, 0.1) is 10.1 Å². The van der Waals surface area contributed by atoms with E-state index in [1.54, 1.807) is 18.2 Å². The molecule has 0 saturated heterocycles. The fourth-order valence-corrected chi connectivity index (χ4v) is 2.74. The second-order valence-corrected chi connectivity index (χ2v) is 5.99. The average Bonchev–Trinajstić information content (AvgIpc) is 2.99. The Kier molecular flexibility index (Phi) is 5.54. The molecule has 1 amide bonds. The van der Waals surface area contributed by atoms with E-state index in [1.165, 1.54) is 12.1 Å². The number of para-hydroxylation sites is 1. The Morgan fingerprint density at radius 1 is 1.22 bits per heavy atom. The van der Waals surface area contributed by atoms with Gasteiger partial charge in [0.15, 0.2) is 6.61 Å². The fourth-order valence-electron chi connectivity index (χ4n) is 1.53. The smallest absolute Gasteiger partial charge is 0.349 e. The number of hydrogen-bond donors (Lipinski definition) is 1. The lowest BCUT2D eigenvalue weighted by Crippen LogP contribution is -2.21. The highest BCUT2D eigenvalue weighted by atomic mass is 35.5. The van der Waals surface area contributed by atoms with Crippen LogP contribution in [0.25, 0.3) is 0 Å². The first kappa shape index (κ1) is 17.2. The number of nitro groups is 1. The third-order valence-electron chi connectivity index (χ3n) is 2.53. The van der Waals surface area contributed by atoms with Gasteiger partial charge in [-0.1, -0.05) is 40.6 Å². The monoisotopic (exact) mass is 374 g/mol. The second kappa shape index (κ2) is 7.40. The van der Waals surface area contributed by atoms with Crippen LogP contribution in [0.5, 0.6) is 0 Å². The molecule has 0 atom stereocenters. The molecule has 120 valence electrons. The summed E-state index contributed by atoms with van der Waals surface area (Å²) < 4.78 is 4.79. The number of rotatable bonds is 5. The maximum Gasteiger partial charge on any atom is 0.349 e. The van der Waals surface area contributed by atoms with Gasteiger partial charge in [-0.2, -0.15) is 0 Å². The number of nitrogens with zero attached hydrogens (tertiary/aromatic N) is 1. The molecule has 2 aromatic rings. The molecule has 0 saturated carbocycles. The minimum absolute atomic E-state index is 0.0280. The van der Waals surface area contributed by atoms with E-state index in [-0.39, 0.29) is 25.6 Å². The number of nitrogens with one attached hydrogen (secondary N) is 1. The third-order valence-corrected chi connectivity index (χ3v) is 4.18. The summed E-state index contributed by atoms with van der Waals surface area (Å²) in [7, 11) is 0. The zero-order chi connectivity index (χ0) is 17.0. The van der Waals surface area contributed by atoms with Crippen LogP contribution in [-0.4, -0.2) is 23.4 Å². The Labute approximate surface area is 143 Å². The molecule has 23 heavy (non-hydrogen) atoms. The highest BCUT2D eigenvalue weighted by molar-refractivity contribution is 7.17. The molecule has 0 aliphatic rings. The van der Waals surface area contributed by atoms with E-state index in [0.717, 1.165) is 0 Å². The third kappa shape index (κ3) is 4.41. The molecular formula is C13H8Cl2N2O5S. The molecule has 0 aliphatic heterocycles. The standard InChI is InChI=1S/C13H8Cl2N2O5S/c14-7-2-1-3-8(15)12(7)16-10(18)6-22-13(19)9-4-5-11(23-9)17(20)21/h1-5H,6H2,(H,16,18). The molecule has 0 aliphatic carbocycles. The number of ether oxygens (including phenoxy) is 1. The fraction of sp³-hybridized carbons (Fsp3) is 0.0769. The van der Waals surface area contributed by atoms with E-state index in [0.29, 0.717) is 11.3 Å². The first-order valence-corrected chi connectivity index (χ1v) is 7.61. The highest BCUT2D eigenvalue weighted by Gasteiger charge is 2.18. The summed E-state index contributed by atoms with van der Waals surface area (Å²) >= 11 is 12.5. The van der Waals surface area contributed by atoms with Crippen LogP contribution in [0.15, 0.2) is 30.3 Å². The number of hydrogen-bond acceptors (Lipinski definition) is 6. The summed E-state index contributed by atoms with van der Waals surface area (Å²) in [6.45, 7) is -0.577. The molecule has 0 unspecified atom stereocenters. The molecule has 7 nitrogen and oxygen atoms in total. The molecule has 0 spiro atoms. The van der Waals surface area contributed by atoms with Crippen molar-refractivity contribution in [2.24, 2.45) is 0 Å². The zero-order valence-corrected chi connectivity index (χ0v) is 13.6. The van der Waals surface area contributed by atoms with Crippen molar-refractivity contribution in [2.45, 2.75) is 0 Å². The molecule has 0 bridgehead atoms. The van der Waals surface area contributed by atoms with Gasteiger partial charge in [0.05, 0.1) is 20.7 Å². The van der Waals surface area contributed by atoms with Gasteiger partial charge in [-0.3, -0.25) is 14.9 Å². The van der Waals surface area contributed by atoms with Gasteiger partial charge >= 0.3 is 11.0 Å². The summed E-state index contributed by atoms with van der Waals surface area (Å²) in [6.07, 6.45) is 0.